The first-order chi connectivity index (χ1) is 9.72. The van der Waals surface area contributed by atoms with Crippen molar-refractivity contribution in [1.82, 2.24) is 4.90 Å². The van der Waals surface area contributed by atoms with Crippen LogP contribution in [0.4, 0.5) is 0 Å². The average Bonchev–Trinajstić information content (AvgIpc) is 2.47. The largest absolute Gasteiger partial charge is 0.396 e. The molecule has 0 radical (unpaired) electrons. The van der Waals surface area contributed by atoms with E-state index in [0.29, 0.717) is 12.5 Å². The lowest BCUT2D eigenvalue weighted by Crippen LogP contribution is -2.41. The maximum atomic E-state index is 12.3. The van der Waals surface area contributed by atoms with E-state index in [4.69, 9.17) is 5.11 Å². The maximum Gasteiger partial charge on any atom is 0.164 e. The average molecular weight is 275 g/mol. The van der Waals surface area contributed by atoms with Crippen LogP contribution in [0.2, 0.25) is 0 Å². The summed E-state index contributed by atoms with van der Waals surface area (Å²) in [5.41, 5.74) is 1.91. The Kier molecular flexibility index (Phi) is 5.74. The standard InChI is InChI=1S/C17H25NO2/c1-14-6-2-3-8-16(14)17(20)9-12-18-11-5-4-7-15(18)10-13-19/h2-3,6,8,15,19H,4-5,7,9-13H2,1H3. The number of carbonyl (C=O) groups excluding carboxylic acids is 1. The lowest BCUT2D eigenvalue weighted by atomic mass is 9.98. The van der Waals surface area contributed by atoms with Crippen LogP contribution in [-0.4, -0.2) is 41.5 Å². The number of piperidine rings is 1. The number of carbonyl (C=O) groups is 1. The second-order valence-electron chi connectivity index (χ2n) is 5.69. The molecule has 1 aromatic carbocycles. The number of ketones is 1. The van der Waals surface area contributed by atoms with Gasteiger partial charge in [0.25, 0.3) is 0 Å². The minimum Gasteiger partial charge on any atom is -0.396 e. The van der Waals surface area contributed by atoms with Gasteiger partial charge in [0.15, 0.2) is 5.78 Å². The number of aryl methyl sites for hydroxylation is 1. The van der Waals surface area contributed by atoms with Crippen LogP contribution >= 0.6 is 0 Å². The van der Waals surface area contributed by atoms with Crippen molar-refractivity contribution < 1.29 is 9.90 Å². The van der Waals surface area contributed by atoms with E-state index in [-0.39, 0.29) is 12.4 Å². The third-order valence-electron chi connectivity index (χ3n) is 4.28. The molecule has 1 N–H and O–H groups in total. The molecule has 0 bridgehead atoms. The SMILES string of the molecule is Cc1ccccc1C(=O)CCN1CCCCC1CCO. The van der Waals surface area contributed by atoms with Crippen molar-refractivity contribution in [2.45, 2.75) is 45.1 Å². The van der Waals surface area contributed by atoms with Gasteiger partial charge in [0.1, 0.15) is 0 Å². The molecule has 1 aromatic rings. The zero-order chi connectivity index (χ0) is 14.4. The first-order valence-electron chi connectivity index (χ1n) is 7.66. The lowest BCUT2D eigenvalue weighted by Gasteiger charge is -2.35. The fraction of sp³-hybridized carbons (Fsp3) is 0.588. The number of aliphatic hydroxyl groups excluding tert-OH is 1. The van der Waals surface area contributed by atoms with Gasteiger partial charge in [0.05, 0.1) is 0 Å². The van der Waals surface area contributed by atoms with Gasteiger partial charge in [-0.05, 0) is 38.3 Å². The van der Waals surface area contributed by atoms with Crippen molar-refractivity contribution in [1.29, 1.82) is 0 Å². The molecule has 2 rings (SSSR count). The highest BCUT2D eigenvalue weighted by Gasteiger charge is 2.22. The van der Waals surface area contributed by atoms with Crippen molar-refractivity contribution in [3.05, 3.63) is 35.4 Å². The summed E-state index contributed by atoms with van der Waals surface area (Å²) in [6.45, 7) is 4.11. The Bertz CT molecular complexity index is 442. The third kappa shape index (κ3) is 3.90. The Hall–Kier alpha value is -1.19. The molecule has 0 amide bonds. The Morgan fingerprint density at radius 3 is 2.90 bits per heavy atom. The highest BCUT2D eigenvalue weighted by Crippen LogP contribution is 2.20. The fourth-order valence-electron chi connectivity index (χ4n) is 3.10. The maximum absolute atomic E-state index is 12.3. The fourth-order valence-corrected chi connectivity index (χ4v) is 3.10. The predicted molar refractivity (Wildman–Crippen MR) is 81.0 cm³/mol. The van der Waals surface area contributed by atoms with E-state index in [0.717, 1.165) is 37.1 Å². The summed E-state index contributed by atoms with van der Waals surface area (Å²) < 4.78 is 0. The molecular weight excluding hydrogens is 250 g/mol. The molecule has 1 heterocycles. The van der Waals surface area contributed by atoms with Crippen LogP contribution in [0.15, 0.2) is 24.3 Å². The number of nitrogens with zero attached hydrogens (tertiary/aromatic N) is 1. The summed E-state index contributed by atoms with van der Waals surface area (Å²) in [7, 11) is 0. The molecule has 3 nitrogen and oxygen atoms in total. The van der Waals surface area contributed by atoms with E-state index in [1.807, 2.05) is 31.2 Å². The monoisotopic (exact) mass is 275 g/mol. The van der Waals surface area contributed by atoms with Crippen LogP contribution in [0.25, 0.3) is 0 Å². The normalized spacial score (nSPS) is 20.0. The number of hydrogen-bond donors (Lipinski definition) is 1. The van der Waals surface area contributed by atoms with Crippen molar-refractivity contribution in [3.63, 3.8) is 0 Å². The van der Waals surface area contributed by atoms with Crippen molar-refractivity contribution in [3.8, 4) is 0 Å². The number of hydrogen-bond acceptors (Lipinski definition) is 3. The predicted octanol–water partition coefficient (Wildman–Crippen LogP) is 2.80. The van der Waals surface area contributed by atoms with Crippen LogP contribution in [0.3, 0.4) is 0 Å². The van der Waals surface area contributed by atoms with Gasteiger partial charge >= 0.3 is 0 Å². The summed E-state index contributed by atoms with van der Waals surface area (Å²) in [6, 6.07) is 8.25. The molecule has 1 fully saturated rings. The zero-order valence-electron chi connectivity index (χ0n) is 12.3. The number of benzene rings is 1. The van der Waals surface area contributed by atoms with Crippen molar-refractivity contribution in [2.24, 2.45) is 0 Å². The molecule has 1 saturated heterocycles. The minimum absolute atomic E-state index is 0.233. The van der Waals surface area contributed by atoms with E-state index < -0.39 is 0 Å². The first-order valence-corrected chi connectivity index (χ1v) is 7.66. The molecule has 0 aromatic heterocycles. The molecule has 1 unspecified atom stereocenters. The van der Waals surface area contributed by atoms with E-state index in [1.54, 1.807) is 0 Å². The van der Waals surface area contributed by atoms with Gasteiger partial charge in [-0.25, -0.2) is 0 Å². The highest BCUT2D eigenvalue weighted by atomic mass is 16.3. The topological polar surface area (TPSA) is 40.5 Å². The summed E-state index contributed by atoms with van der Waals surface area (Å²) in [5, 5.41) is 9.13. The van der Waals surface area contributed by atoms with Crippen molar-refractivity contribution in [2.75, 3.05) is 19.7 Å². The zero-order valence-corrected chi connectivity index (χ0v) is 12.3. The Labute approximate surface area is 121 Å². The van der Waals surface area contributed by atoms with Crippen LogP contribution in [0.5, 0.6) is 0 Å². The van der Waals surface area contributed by atoms with Crippen molar-refractivity contribution >= 4 is 5.78 Å². The van der Waals surface area contributed by atoms with Crippen LogP contribution in [-0.2, 0) is 0 Å². The molecule has 3 heteroatoms. The molecule has 0 spiro atoms. The Morgan fingerprint density at radius 1 is 1.35 bits per heavy atom. The number of Topliss-reactive ketones (excluding diaryl/α,β-unsaturated/α-hetero) is 1. The molecule has 0 saturated carbocycles. The van der Waals surface area contributed by atoms with E-state index in [9.17, 15) is 4.79 Å². The summed E-state index contributed by atoms with van der Waals surface area (Å²) >= 11 is 0. The molecule has 110 valence electrons. The summed E-state index contributed by atoms with van der Waals surface area (Å²) in [5.74, 6) is 0.233. The molecule has 1 aliphatic rings. The lowest BCUT2D eigenvalue weighted by molar-refractivity contribution is 0.0896. The quantitative estimate of drug-likeness (QED) is 0.812. The van der Waals surface area contributed by atoms with E-state index in [2.05, 4.69) is 4.90 Å². The molecular formula is C17H25NO2. The van der Waals surface area contributed by atoms with Gasteiger partial charge in [0, 0.05) is 31.2 Å². The molecule has 0 aliphatic carbocycles. The Morgan fingerprint density at radius 2 is 2.15 bits per heavy atom. The second-order valence-corrected chi connectivity index (χ2v) is 5.69. The van der Waals surface area contributed by atoms with E-state index >= 15 is 0 Å². The first kappa shape index (κ1) is 15.2. The van der Waals surface area contributed by atoms with Gasteiger partial charge < -0.3 is 5.11 Å². The van der Waals surface area contributed by atoms with Gasteiger partial charge in [-0.2, -0.15) is 0 Å². The molecule has 1 atom stereocenters. The van der Waals surface area contributed by atoms with Crippen LogP contribution in [0, 0.1) is 6.92 Å². The smallest absolute Gasteiger partial charge is 0.164 e. The van der Waals surface area contributed by atoms with Gasteiger partial charge in [-0.1, -0.05) is 30.7 Å². The number of rotatable bonds is 6. The highest BCUT2D eigenvalue weighted by molar-refractivity contribution is 5.97. The third-order valence-corrected chi connectivity index (χ3v) is 4.28. The summed E-state index contributed by atoms with van der Waals surface area (Å²) in [6.07, 6.45) is 5.01. The number of likely N-dealkylation sites (tertiary alicyclic amines) is 1. The second kappa shape index (κ2) is 7.55. The van der Waals surface area contributed by atoms with E-state index in [1.165, 1.54) is 12.8 Å². The van der Waals surface area contributed by atoms with Gasteiger partial charge in [-0.3, -0.25) is 9.69 Å². The van der Waals surface area contributed by atoms with Gasteiger partial charge in [0.2, 0.25) is 0 Å². The molecule has 1 aliphatic heterocycles. The minimum atomic E-state index is 0.233. The Balaban J connectivity index is 1.90. The van der Waals surface area contributed by atoms with Crippen LogP contribution < -0.4 is 0 Å². The van der Waals surface area contributed by atoms with Gasteiger partial charge in [-0.15, -0.1) is 0 Å². The van der Waals surface area contributed by atoms with Crippen LogP contribution in [0.1, 0.15) is 48.0 Å². The number of aliphatic hydroxyl groups is 1. The molecule has 20 heavy (non-hydrogen) atoms. The summed E-state index contributed by atoms with van der Waals surface area (Å²) in [4.78, 5) is 14.7.